The Morgan fingerprint density at radius 2 is 1.90 bits per heavy atom. The summed E-state index contributed by atoms with van der Waals surface area (Å²) < 4.78 is 6.57. The number of hydrogen-bond acceptors (Lipinski definition) is 2. The Morgan fingerprint density at radius 3 is 2.57 bits per heavy atom. The standard InChI is InChI=1S/C18H17BrO2/c1-11(2)12-3-5-13(6-4-12)17(20)16-10-15(19)9-14-7-8-21-18(14)16/h3-6,9-11H,7-8H2,1-2H3. The van der Waals surface area contributed by atoms with E-state index in [1.54, 1.807) is 0 Å². The lowest BCUT2D eigenvalue weighted by Crippen LogP contribution is -2.04. The fourth-order valence-electron chi connectivity index (χ4n) is 2.61. The maximum absolute atomic E-state index is 12.7. The van der Waals surface area contributed by atoms with Crippen LogP contribution in [0, 0.1) is 0 Å². The number of halogens is 1. The van der Waals surface area contributed by atoms with E-state index in [0.717, 1.165) is 22.2 Å². The number of ether oxygens (including phenoxy) is 1. The van der Waals surface area contributed by atoms with Crippen molar-refractivity contribution in [2.24, 2.45) is 0 Å². The zero-order valence-corrected chi connectivity index (χ0v) is 13.7. The third-order valence-corrected chi connectivity index (χ3v) is 4.29. The zero-order chi connectivity index (χ0) is 15.0. The first-order valence-electron chi connectivity index (χ1n) is 7.16. The average molecular weight is 345 g/mol. The Morgan fingerprint density at radius 1 is 1.19 bits per heavy atom. The van der Waals surface area contributed by atoms with Crippen LogP contribution in [0.2, 0.25) is 0 Å². The van der Waals surface area contributed by atoms with Gasteiger partial charge in [0.15, 0.2) is 5.78 Å². The van der Waals surface area contributed by atoms with E-state index in [2.05, 4.69) is 29.8 Å². The molecule has 0 saturated carbocycles. The van der Waals surface area contributed by atoms with Crippen molar-refractivity contribution in [3.63, 3.8) is 0 Å². The van der Waals surface area contributed by atoms with Gasteiger partial charge in [0.1, 0.15) is 5.75 Å². The number of benzene rings is 2. The summed E-state index contributed by atoms with van der Waals surface area (Å²) in [6, 6.07) is 11.7. The van der Waals surface area contributed by atoms with E-state index in [-0.39, 0.29) is 5.78 Å². The van der Waals surface area contributed by atoms with Crippen LogP contribution in [-0.2, 0) is 6.42 Å². The molecule has 3 rings (SSSR count). The molecule has 0 spiro atoms. The third kappa shape index (κ3) is 2.75. The molecule has 1 heterocycles. The Kier molecular flexibility index (Phi) is 3.85. The number of carbonyl (C=O) groups excluding carboxylic acids is 1. The largest absolute Gasteiger partial charge is 0.492 e. The topological polar surface area (TPSA) is 26.3 Å². The molecule has 0 amide bonds. The molecule has 0 fully saturated rings. The molecule has 0 N–H and O–H groups in total. The molecule has 2 aromatic carbocycles. The number of hydrogen-bond donors (Lipinski definition) is 0. The maximum atomic E-state index is 12.7. The van der Waals surface area contributed by atoms with E-state index < -0.39 is 0 Å². The summed E-state index contributed by atoms with van der Waals surface area (Å²) in [5.41, 5.74) is 3.69. The predicted molar refractivity (Wildman–Crippen MR) is 87.3 cm³/mol. The van der Waals surface area contributed by atoms with Gasteiger partial charge in [-0.1, -0.05) is 54.0 Å². The maximum Gasteiger partial charge on any atom is 0.196 e. The van der Waals surface area contributed by atoms with Gasteiger partial charge in [0.05, 0.1) is 12.2 Å². The molecule has 0 unspecified atom stereocenters. The molecule has 0 aliphatic carbocycles. The number of ketones is 1. The fourth-order valence-corrected chi connectivity index (χ4v) is 3.12. The molecule has 0 atom stereocenters. The molecule has 0 radical (unpaired) electrons. The van der Waals surface area contributed by atoms with E-state index in [9.17, 15) is 4.79 Å². The summed E-state index contributed by atoms with van der Waals surface area (Å²) in [5.74, 6) is 1.23. The minimum Gasteiger partial charge on any atom is -0.492 e. The highest BCUT2D eigenvalue weighted by atomic mass is 79.9. The lowest BCUT2D eigenvalue weighted by atomic mass is 9.96. The van der Waals surface area contributed by atoms with Crippen molar-refractivity contribution < 1.29 is 9.53 Å². The Balaban J connectivity index is 1.99. The van der Waals surface area contributed by atoms with Gasteiger partial charge >= 0.3 is 0 Å². The van der Waals surface area contributed by atoms with Gasteiger partial charge in [0.2, 0.25) is 0 Å². The van der Waals surface area contributed by atoms with E-state index in [1.165, 1.54) is 5.56 Å². The zero-order valence-electron chi connectivity index (χ0n) is 12.2. The number of carbonyl (C=O) groups is 1. The highest BCUT2D eigenvalue weighted by molar-refractivity contribution is 9.10. The normalized spacial score (nSPS) is 13.1. The number of rotatable bonds is 3. The quantitative estimate of drug-likeness (QED) is 0.751. The second-order valence-electron chi connectivity index (χ2n) is 5.65. The van der Waals surface area contributed by atoms with E-state index in [1.807, 2.05) is 36.4 Å². The monoisotopic (exact) mass is 344 g/mol. The van der Waals surface area contributed by atoms with Crippen LogP contribution >= 0.6 is 15.9 Å². The minimum atomic E-state index is 0.0183. The van der Waals surface area contributed by atoms with Crippen LogP contribution in [0.4, 0.5) is 0 Å². The summed E-state index contributed by atoms with van der Waals surface area (Å²) in [4.78, 5) is 12.7. The van der Waals surface area contributed by atoms with E-state index in [4.69, 9.17) is 4.74 Å². The van der Waals surface area contributed by atoms with Gasteiger partial charge in [0, 0.05) is 16.5 Å². The van der Waals surface area contributed by atoms with Gasteiger partial charge in [-0.15, -0.1) is 0 Å². The fraction of sp³-hybridized carbons (Fsp3) is 0.278. The highest BCUT2D eigenvalue weighted by Gasteiger charge is 2.22. The number of fused-ring (bicyclic) bond motifs is 1. The van der Waals surface area contributed by atoms with Crippen LogP contribution in [0.5, 0.6) is 5.75 Å². The van der Waals surface area contributed by atoms with Crippen molar-refractivity contribution in [1.29, 1.82) is 0 Å². The SMILES string of the molecule is CC(C)c1ccc(C(=O)c2cc(Br)cc3c2OCC3)cc1. The molecule has 2 nitrogen and oxygen atoms in total. The molecule has 3 heteroatoms. The van der Waals surface area contributed by atoms with Crippen LogP contribution < -0.4 is 4.74 Å². The van der Waals surface area contributed by atoms with Gasteiger partial charge in [-0.25, -0.2) is 0 Å². The van der Waals surface area contributed by atoms with Gasteiger partial charge in [0.25, 0.3) is 0 Å². The molecule has 0 saturated heterocycles. The molecule has 0 bridgehead atoms. The average Bonchev–Trinajstić information content (AvgIpc) is 2.93. The minimum absolute atomic E-state index is 0.0183. The van der Waals surface area contributed by atoms with Crippen molar-refractivity contribution in [2.45, 2.75) is 26.2 Å². The summed E-state index contributed by atoms with van der Waals surface area (Å²) in [5, 5.41) is 0. The van der Waals surface area contributed by atoms with Crippen LogP contribution in [-0.4, -0.2) is 12.4 Å². The van der Waals surface area contributed by atoms with Crippen LogP contribution in [0.25, 0.3) is 0 Å². The third-order valence-electron chi connectivity index (χ3n) is 3.83. The second kappa shape index (κ2) is 5.64. The summed E-state index contributed by atoms with van der Waals surface area (Å²) in [6.07, 6.45) is 0.862. The summed E-state index contributed by atoms with van der Waals surface area (Å²) >= 11 is 3.48. The first kappa shape index (κ1) is 14.3. The lowest BCUT2D eigenvalue weighted by molar-refractivity contribution is 0.103. The first-order chi connectivity index (χ1) is 10.1. The second-order valence-corrected chi connectivity index (χ2v) is 6.56. The van der Waals surface area contributed by atoms with Gasteiger partial charge < -0.3 is 4.74 Å². The lowest BCUT2D eigenvalue weighted by Gasteiger charge is -2.10. The first-order valence-corrected chi connectivity index (χ1v) is 7.95. The molecule has 1 aliphatic heterocycles. The predicted octanol–water partition coefficient (Wildman–Crippen LogP) is 4.74. The molecule has 2 aromatic rings. The Hall–Kier alpha value is -1.61. The van der Waals surface area contributed by atoms with Gasteiger partial charge in [-0.3, -0.25) is 4.79 Å². The van der Waals surface area contributed by atoms with Crippen molar-refractivity contribution in [3.8, 4) is 5.75 Å². The summed E-state index contributed by atoms with van der Waals surface area (Å²) in [7, 11) is 0. The summed E-state index contributed by atoms with van der Waals surface area (Å²) in [6.45, 7) is 4.94. The van der Waals surface area contributed by atoms with Crippen LogP contribution in [0.1, 0.15) is 46.8 Å². The van der Waals surface area contributed by atoms with Crippen LogP contribution in [0.15, 0.2) is 40.9 Å². The van der Waals surface area contributed by atoms with E-state index >= 15 is 0 Å². The van der Waals surface area contributed by atoms with Crippen LogP contribution in [0.3, 0.4) is 0 Å². The Bertz CT molecular complexity index is 687. The molecular weight excluding hydrogens is 328 g/mol. The Labute approximate surface area is 133 Å². The van der Waals surface area contributed by atoms with Crippen molar-refractivity contribution in [1.82, 2.24) is 0 Å². The molecule has 1 aliphatic rings. The van der Waals surface area contributed by atoms with E-state index in [0.29, 0.717) is 23.7 Å². The van der Waals surface area contributed by atoms with Crippen molar-refractivity contribution in [2.75, 3.05) is 6.61 Å². The van der Waals surface area contributed by atoms with Crippen molar-refractivity contribution in [3.05, 3.63) is 63.1 Å². The van der Waals surface area contributed by atoms with Crippen molar-refractivity contribution >= 4 is 21.7 Å². The smallest absolute Gasteiger partial charge is 0.196 e. The van der Waals surface area contributed by atoms with Gasteiger partial charge in [-0.05, 0) is 29.2 Å². The molecule has 108 valence electrons. The molecule has 0 aromatic heterocycles. The molecule has 21 heavy (non-hydrogen) atoms. The van der Waals surface area contributed by atoms with Gasteiger partial charge in [-0.2, -0.15) is 0 Å². The highest BCUT2D eigenvalue weighted by Crippen LogP contribution is 2.34. The molecular formula is C18H17BrO2.